The van der Waals surface area contributed by atoms with Gasteiger partial charge in [0.05, 0.1) is 12.3 Å². The van der Waals surface area contributed by atoms with Crippen LogP contribution in [0.2, 0.25) is 0 Å². The summed E-state index contributed by atoms with van der Waals surface area (Å²) in [6, 6.07) is 1.83. The Labute approximate surface area is 73.0 Å². The first kappa shape index (κ1) is 13.1. The van der Waals surface area contributed by atoms with Gasteiger partial charge in [0.25, 0.3) is 0 Å². The maximum Gasteiger partial charge on any atom is 0.310 e. The fourth-order valence-corrected chi connectivity index (χ4v) is 0.176. The van der Waals surface area contributed by atoms with E-state index in [9.17, 15) is 4.79 Å². The van der Waals surface area contributed by atoms with E-state index in [4.69, 9.17) is 5.26 Å². The average Bonchev–Trinajstić information content (AvgIpc) is 2.06. The summed E-state index contributed by atoms with van der Waals surface area (Å²) < 4.78 is 4.32. The lowest BCUT2D eigenvalue weighted by Gasteiger charge is -1.88. The molecule has 0 bridgehead atoms. The Kier molecular flexibility index (Phi) is 10.3. The van der Waals surface area contributed by atoms with Gasteiger partial charge in [0.2, 0.25) is 0 Å². The zero-order valence-electron chi connectivity index (χ0n) is 7.46. The molecule has 12 heavy (non-hydrogen) atoms. The number of esters is 1. The zero-order chi connectivity index (χ0) is 9.98. The number of carbonyl (C=O) groups excluding carboxylic acids is 1. The molecule has 0 heterocycles. The highest BCUT2D eigenvalue weighted by Crippen LogP contribution is 1.81. The van der Waals surface area contributed by atoms with Gasteiger partial charge in [0, 0.05) is 12.0 Å². The fraction of sp³-hybridized carbons (Fsp3) is 0.333. The zero-order valence-corrected chi connectivity index (χ0v) is 7.46. The highest BCUT2D eigenvalue weighted by Gasteiger charge is 1.89. The molecule has 0 aliphatic carbocycles. The molecule has 0 N–H and O–H groups in total. The molecule has 0 spiro atoms. The minimum absolute atomic E-state index is 0.241. The van der Waals surface area contributed by atoms with Crippen molar-refractivity contribution in [3.8, 4) is 6.07 Å². The third kappa shape index (κ3) is 15.8. The number of nitriles is 1. The van der Waals surface area contributed by atoms with Crippen molar-refractivity contribution < 1.29 is 9.53 Å². The normalized spacial score (nSPS) is 6.75. The van der Waals surface area contributed by atoms with Crippen LogP contribution >= 0.6 is 0 Å². The Hall–Kier alpha value is -1.56. The monoisotopic (exact) mass is 167 g/mol. The van der Waals surface area contributed by atoms with E-state index in [1.165, 1.54) is 0 Å². The number of hydrogen-bond donors (Lipinski definition) is 0. The molecule has 0 rings (SSSR count). The second-order valence-corrected chi connectivity index (χ2v) is 1.90. The van der Waals surface area contributed by atoms with Crippen molar-refractivity contribution in [3.63, 3.8) is 0 Å². The van der Waals surface area contributed by atoms with Crippen LogP contribution in [0.5, 0.6) is 0 Å². The average molecular weight is 167 g/mol. The van der Waals surface area contributed by atoms with Crippen molar-refractivity contribution in [2.45, 2.75) is 20.3 Å². The van der Waals surface area contributed by atoms with Gasteiger partial charge >= 0.3 is 5.97 Å². The Morgan fingerprint density at radius 3 is 2.25 bits per heavy atom. The molecule has 0 saturated heterocycles. The second kappa shape index (κ2) is 9.44. The standard InChI is InChI=1S/C5H8O2.C4H5N/c1-3-5(6)7-4-2;1-4(2)3-5/h4H,2-3H2,1H3;1H2,2H3. The second-order valence-electron chi connectivity index (χ2n) is 1.90. The van der Waals surface area contributed by atoms with E-state index in [1.807, 2.05) is 6.07 Å². The molecule has 0 aliphatic rings. The van der Waals surface area contributed by atoms with Crippen LogP contribution in [0.1, 0.15) is 20.3 Å². The summed E-state index contributed by atoms with van der Waals surface area (Å²) in [7, 11) is 0. The van der Waals surface area contributed by atoms with Crippen LogP contribution in [0, 0.1) is 11.3 Å². The van der Waals surface area contributed by atoms with Gasteiger partial charge in [-0.2, -0.15) is 5.26 Å². The molecule has 0 radical (unpaired) electrons. The molecule has 0 aromatic rings. The van der Waals surface area contributed by atoms with Crippen LogP contribution in [0.15, 0.2) is 25.0 Å². The van der Waals surface area contributed by atoms with Crippen LogP contribution in [-0.4, -0.2) is 5.97 Å². The molecule has 0 atom stereocenters. The molecular formula is C9H13NO2. The Balaban J connectivity index is 0. The van der Waals surface area contributed by atoms with Gasteiger partial charge in [-0.25, -0.2) is 0 Å². The summed E-state index contributed by atoms with van der Waals surface area (Å²) >= 11 is 0. The molecule has 3 nitrogen and oxygen atoms in total. The molecule has 0 fully saturated rings. The number of carbonyl (C=O) groups is 1. The minimum Gasteiger partial charge on any atom is -0.435 e. The van der Waals surface area contributed by atoms with Gasteiger partial charge < -0.3 is 4.74 Å². The Bertz CT molecular complexity index is 201. The number of ether oxygens (including phenoxy) is 1. The number of hydrogen-bond acceptors (Lipinski definition) is 3. The van der Waals surface area contributed by atoms with Crippen LogP contribution in [0.3, 0.4) is 0 Å². The fourth-order valence-electron chi connectivity index (χ4n) is 0.176. The van der Waals surface area contributed by atoms with Gasteiger partial charge in [-0.1, -0.05) is 20.1 Å². The van der Waals surface area contributed by atoms with E-state index in [0.717, 1.165) is 6.26 Å². The Morgan fingerprint density at radius 1 is 1.75 bits per heavy atom. The summed E-state index contributed by atoms with van der Waals surface area (Å²) in [6.07, 6.45) is 1.54. The van der Waals surface area contributed by atoms with Crippen molar-refractivity contribution in [2.75, 3.05) is 0 Å². The maximum atomic E-state index is 10.1. The van der Waals surface area contributed by atoms with Crippen LogP contribution in [-0.2, 0) is 9.53 Å². The lowest BCUT2D eigenvalue weighted by atomic mass is 10.4. The number of allylic oxidation sites excluding steroid dienone is 1. The third-order valence-corrected chi connectivity index (χ3v) is 0.694. The summed E-state index contributed by atoms with van der Waals surface area (Å²) in [5, 5.41) is 7.79. The van der Waals surface area contributed by atoms with Gasteiger partial charge in [-0.05, 0) is 6.92 Å². The van der Waals surface area contributed by atoms with E-state index in [-0.39, 0.29) is 5.97 Å². The third-order valence-electron chi connectivity index (χ3n) is 0.694. The van der Waals surface area contributed by atoms with Gasteiger partial charge in [0.15, 0.2) is 0 Å². The summed E-state index contributed by atoms with van der Waals surface area (Å²) in [5.74, 6) is -0.241. The highest BCUT2D eigenvalue weighted by molar-refractivity contribution is 5.69. The predicted molar refractivity (Wildman–Crippen MR) is 47.0 cm³/mol. The van der Waals surface area contributed by atoms with E-state index < -0.39 is 0 Å². The number of nitrogens with zero attached hydrogens (tertiary/aromatic N) is 1. The quantitative estimate of drug-likeness (QED) is 0.360. The smallest absolute Gasteiger partial charge is 0.310 e. The summed E-state index contributed by atoms with van der Waals surface area (Å²) in [5.41, 5.74) is 0.560. The van der Waals surface area contributed by atoms with E-state index in [1.54, 1.807) is 13.8 Å². The van der Waals surface area contributed by atoms with Crippen LogP contribution in [0.4, 0.5) is 0 Å². The summed E-state index contributed by atoms with van der Waals surface area (Å²) in [6.45, 7) is 9.91. The predicted octanol–water partition coefficient (Wildman–Crippen LogP) is 2.17. The molecular weight excluding hydrogens is 154 g/mol. The first-order valence-electron chi connectivity index (χ1n) is 3.44. The van der Waals surface area contributed by atoms with Crippen LogP contribution in [0.25, 0.3) is 0 Å². The molecule has 0 aromatic carbocycles. The van der Waals surface area contributed by atoms with E-state index in [2.05, 4.69) is 17.9 Å². The first-order chi connectivity index (χ1) is 5.58. The van der Waals surface area contributed by atoms with Crippen molar-refractivity contribution >= 4 is 5.97 Å². The Morgan fingerprint density at radius 2 is 2.17 bits per heavy atom. The largest absolute Gasteiger partial charge is 0.435 e. The molecule has 0 amide bonds. The van der Waals surface area contributed by atoms with Crippen molar-refractivity contribution in [3.05, 3.63) is 25.0 Å². The van der Waals surface area contributed by atoms with E-state index in [0.29, 0.717) is 12.0 Å². The topological polar surface area (TPSA) is 50.1 Å². The van der Waals surface area contributed by atoms with E-state index >= 15 is 0 Å². The molecule has 0 unspecified atom stereocenters. The molecule has 0 aromatic heterocycles. The van der Waals surface area contributed by atoms with Crippen molar-refractivity contribution in [1.82, 2.24) is 0 Å². The maximum absolute atomic E-state index is 10.1. The first-order valence-corrected chi connectivity index (χ1v) is 3.44. The van der Waals surface area contributed by atoms with Gasteiger partial charge in [-0.15, -0.1) is 0 Å². The van der Waals surface area contributed by atoms with Crippen molar-refractivity contribution in [1.29, 1.82) is 5.26 Å². The molecule has 3 heteroatoms. The van der Waals surface area contributed by atoms with Crippen molar-refractivity contribution in [2.24, 2.45) is 0 Å². The summed E-state index contributed by atoms with van der Waals surface area (Å²) in [4.78, 5) is 10.1. The van der Waals surface area contributed by atoms with Gasteiger partial charge in [0.1, 0.15) is 0 Å². The number of rotatable bonds is 2. The SMILES string of the molecule is C=C(C)C#N.C=COC(=O)CC. The molecule has 66 valence electrons. The lowest BCUT2D eigenvalue weighted by molar-refractivity contribution is -0.137. The minimum atomic E-state index is -0.241. The molecule has 0 aliphatic heterocycles. The van der Waals surface area contributed by atoms with Gasteiger partial charge in [-0.3, -0.25) is 4.79 Å². The highest BCUT2D eigenvalue weighted by atomic mass is 16.5. The lowest BCUT2D eigenvalue weighted by Crippen LogP contribution is -1.94. The molecule has 0 saturated carbocycles. The van der Waals surface area contributed by atoms with Crippen LogP contribution < -0.4 is 0 Å².